The van der Waals surface area contributed by atoms with Gasteiger partial charge < -0.3 is 10.2 Å². The molecule has 1 heterocycles. The zero-order valence-electron chi connectivity index (χ0n) is 13.9. The van der Waals surface area contributed by atoms with Crippen LogP contribution in [-0.2, 0) is 11.2 Å². The molecule has 0 aromatic heterocycles. The molecule has 3 rings (SSSR count). The Hall–Kier alpha value is -2.50. The number of carbonyl (C=O) groups excluding carboxylic acids is 1. The largest absolute Gasteiger partial charge is 0.360 e. The van der Waals surface area contributed by atoms with Crippen LogP contribution in [0.4, 0.5) is 18.9 Å². The van der Waals surface area contributed by atoms with E-state index in [-0.39, 0.29) is 24.3 Å². The fourth-order valence-corrected chi connectivity index (χ4v) is 3.19. The molecule has 0 saturated heterocycles. The van der Waals surface area contributed by atoms with Crippen LogP contribution >= 0.6 is 0 Å². The number of hydrogen-bond acceptors (Lipinski definition) is 2. The van der Waals surface area contributed by atoms with E-state index in [2.05, 4.69) is 5.32 Å². The Kier molecular flexibility index (Phi) is 4.97. The lowest BCUT2D eigenvalue weighted by Crippen LogP contribution is -2.41. The van der Waals surface area contributed by atoms with Gasteiger partial charge in [-0.1, -0.05) is 12.1 Å². The quantitative estimate of drug-likeness (QED) is 0.913. The monoisotopic (exact) mass is 348 g/mol. The van der Waals surface area contributed by atoms with E-state index >= 15 is 0 Å². The number of nitrogens with one attached hydrogen (secondary N) is 1. The summed E-state index contributed by atoms with van der Waals surface area (Å²) in [5.74, 6) is -1.86. The summed E-state index contributed by atoms with van der Waals surface area (Å²) in [6.45, 7) is 2.32. The van der Waals surface area contributed by atoms with Crippen LogP contribution in [0.3, 0.4) is 0 Å². The van der Waals surface area contributed by atoms with Crippen molar-refractivity contribution >= 4 is 11.6 Å². The fraction of sp³-hybridized carbons (Fsp3) is 0.316. The first-order valence-electron chi connectivity index (χ1n) is 8.22. The molecule has 132 valence electrons. The van der Waals surface area contributed by atoms with E-state index in [1.807, 2.05) is 0 Å². The van der Waals surface area contributed by atoms with Crippen molar-refractivity contribution in [3.05, 3.63) is 65.0 Å². The standard InChI is InChI=1S/C19H19F3N2O/c1-12(13-4-6-15(20)7-5-13)23-18(25)11-24-8-2-3-14-9-16(21)10-17(22)19(14)24/h4-7,9-10,12H,2-3,8,11H2,1H3,(H,23,25)/t12-/m1/s1. The van der Waals surface area contributed by atoms with E-state index in [4.69, 9.17) is 0 Å². The first-order valence-corrected chi connectivity index (χ1v) is 8.22. The van der Waals surface area contributed by atoms with Crippen LogP contribution in [0, 0.1) is 17.5 Å². The van der Waals surface area contributed by atoms with Crippen molar-refractivity contribution in [2.45, 2.75) is 25.8 Å². The van der Waals surface area contributed by atoms with Crippen molar-refractivity contribution in [3.63, 3.8) is 0 Å². The lowest BCUT2D eigenvalue weighted by Gasteiger charge is -2.31. The number of hydrogen-bond donors (Lipinski definition) is 1. The maximum atomic E-state index is 14.1. The van der Waals surface area contributed by atoms with E-state index in [1.165, 1.54) is 18.2 Å². The summed E-state index contributed by atoms with van der Waals surface area (Å²) in [5.41, 5.74) is 1.67. The Morgan fingerprint density at radius 2 is 1.88 bits per heavy atom. The highest BCUT2D eigenvalue weighted by atomic mass is 19.1. The Bertz CT molecular complexity index is 777. The molecule has 0 unspecified atom stereocenters. The van der Waals surface area contributed by atoms with Crippen molar-refractivity contribution in [2.24, 2.45) is 0 Å². The molecule has 6 heteroatoms. The average molecular weight is 348 g/mol. The second-order valence-electron chi connectivity index (χ2n) is 6.26. The van der Waals surface area contributed by atoms with Crippen LogP contribution in [-0.4, -0.2) is 19.0 Å². The number of nitrogens with zero attached hydrogens (tertiary/aromatic N) is 1. The molecule has 0 spiro atoms. The van der Waals surface area contributed by atoms with Crippen molar-refractivity contribution in [1.29, 1.82) is 0 Å². The maximum Gasteiger partial charge on any atom is 0.239 e. The predicted octanol–water partition coefficient (Wildman–Crippen LogP) is 3.73. The predicted molar refractivity (Wildman–Crippen MR) is 89.8 cm³/mol. The van der Waals surface area contributed by atoms with Gasteiger partial charge in [0.2, 0.25) is 5.91 Å². The van der Waals surface area contributed by atoms with Crippen LogP contribution < -0.4 is 10.2 Å². The molecular weight excluding hydrogens is 329 g/mol. The molecule has 3 nitrogen and oxygen atoms in total. The Morgan fingerprint density at radius 1 is 1.16 bits per heavy atom. The van der Waals surface area contributed by atoms with Gasteiger partial charge in [0.1, 0.15) is 17.5 Å². The van der Waals surface area contributed by atoms with Crippen LogP contribution in [0.25, 0.3) is 0 Å². The summed E-state index contributed by atoms with van der Waals surface area (Å²) in [6, 6.07) is 7.76. The number of halogens is 3. The first kappa shape index (κ1) is 17.3. The lowest BCUT2D eigenvalue weighted by molar-refractivity contribution is -0.120. The third kappa shape index (κ3) is 3.95. The van der Waals surface area contributed by atoms with Crippen LogP contribution in [0.1, 0.15) is 30.5 Å². The molecule has 1 N–H and O–H groups in total. The van der Waals surface area contributed by atoms with E-state index in [1.54, 1.807) is 24.0 Å². The fourth-order valence-electron chi connectivity index (χ4n) is 3.19. The molecule has 0 radical (unpaired) electrons. The molecule has 0 saturated carbocycles. The third-order valence-corrected chi connectivity index (χ3v) is 4.38. The van der Waals surface area contributed by atoms with Crippen molar-refractivity contribution < 1.29 is 18.0 Å². The minimum absolute atomic E-state index is 0.0128. The zero-order chi connectivity index (χ0) is 18.0. The summed E-state index contributed by atoms with van der Waals surface area (Å²) in [7, 11) is 0. The highest BCUT2D eigenvalue weighted by Gasteiger charge is 2.24. The van der Waals surface area contributed by atoms with Gasteiger partial charge in [-0.05, 0) is 49.1 Å². The lowest BCUT2D eigenvalue weighted by atomic mass is 10.0. The SMILES string of the molecule is C[C@@H](NC(=O)CN1CCCc2cc(F)cc(F)c21)c1ccc(F)cc1. The van der Waals surface area contributed by atoms with Gasteiger partial charge in [-0.3, -0.25) is 4.79 Å². The first-order chi connectivity index (χ1) is 11.9. The van der Waals surface area contributed by atoms with Gasteiger partial charge in [0, 0.05) is 12.6 Å². The number of fused-ring (bicyclic) bond motifs is 1. The van der Waals surface area contributed by atoms with Gasteiger partial charge in [-0.15, -0.1) is 0 Å². The summed E-state index contributed by atoms with van der Waals surface area (Å²) in [5, 5.41) is 2.83. The topological polar surface area (TPSA) is 32.3 Å². The van der Waals surface area contributed by atoms with Gasteiger partial charge in [0.15, 0.2) is 0 Å². The van der Waals surface area contributed by atoms with Gasteiger partial charge in [-0.25, -0.2) is 13.2 Å². The van der Waals surface area contributed by atoms with Crippen molar-refractivity contribution in [2.75, 3.05) is 18.0 Å². The smallest absolute Gasteiger partial charge is 0.239 e. The minimum atomic E-state index is -0.644. The molecule has 1 aliphatic heterocycles. The Balaban J connectivity index is 1.69. The number of amides is 1. The minimum Gasteiger partial charge on any atom is -0.360 e. The number of rotatable bonds is 4. The van der Waals surface area contributed by atoms with Crippen molar-refractivity contribution in [1.82, 2.24) is 5.32 Å². The average Bonchev–Trinajstić information content (AvgIpc) is 2.54. The molecule has 1 amide bonds. The summed E-state index contributed by atoms with van der Waals surface area (Å²) < 4.78 is 40.5. The number of carbonyl (C=O) groups is 1. The summed E-state index contributed by atoms with van der Waals surface area (Å²) in [6.07, 6.45) is 1.32. The van der Waals surface area contributed by atoms with Gasteiger partial charge in [0.25, 0.3) is 0 Å². The summed E-state index contributed by atoms with van der Waals surface area (Å²) in [4.78, 5) is 14.0. The summed E-state index contributed by atoms with van der Waals surface area (Å²) >= 11 is 0. The normalized spacial score (nSPS) is 14.8. The van der Waals surface area contributed by atoms with Crippen LogP contribution in [0.5, 0.6) is 0 Å². The van der Waals surface area contributed by atoms with Crippen LogP contribution in [0.2, 0.25) is 0 Å². The van der Waals surface area contributed by atoms with E-state index in [0.29, 0.717) is 24.2 Å². The number of benzene rings is 2. The molecule has 2 aromatic rings. The highest BCUT2D eigenvalue weighted by Crippen LogP contribution is 2.30. The zero-order valence-corrected chi connectivity index (χ0v) is 13.9. The number of aryl methyl sites for hydroxylation is 1. The second kappa shape index (κ2) is 7.17. The van der Waals surface area contributed by atoms with E-state index in [9.17, 15) is 18.0 Å². The molecule has 1 aliphatic rings. The second-order valence-corrected chi connectivity index (χ2v) is 6.26. The Labute approximate surface area is 144 Å². The van der Waals surface area contributed by atoms with Gasteiger partial charge >= 0.3 is 0 Å². The maximum absolute atomic E-state index is 14.1. The molecular formula is C19H19F3N2O. The Morgan fingerprint density at radius 3 is 2.60 bits per heavy atom. The number of anilines is 1. The molecule has 0 fully saturated rings. The molecule has 2 aromatic carbocycles. The third-order valence-electron chi connectivity index (χ3n) is 4.38. The van der Waals surface area contributed by atoms with Gasteiger partial charge in [0.05, 0.1) is 18.3 Å². The van der Waals surface area contributed by atoms with E-state index < -0.39 is 11.6 Å². The molecule has 0 aliphatic carbocycles. The van der Waals surface area contributed by atoms with Crippen molar-refractivity contribution in [3.8, 4) is 0 Å². The molecule has 1 atom stereocenters. The van der Waals surface area contributed by atoms with E-state index in [0.717, 1.165) is 18.1 Å². The molecule has 0 bridgehead atoms. The molecule has 25 heavy (non-hydrogen) atoms. The highest BCUT2D eigenvalue weighted by molar-refractivity contribution is 5.82. The van der Waals surface area contributed by atoms with Gasteiger partial charge in [-0.2, -0.15) is 0 Å². The van der Waals surface area contributed by atoms with Crippen LogP contribution in [0.15, 0.2) is 36.4 Å².